The van der Waals surface area contributed by atoms with Crippen molar-refractivity contribution in [3.05, 3.63) is 30.1 Å². The first-order valence-electron chi connectivity index (χ1n) is 6.33. The molecule has 0 aliphatic carbocycles. The number of Topliss-reactive ketones (excluding diaryl/α,β-unsaturated/α-hetero) is 1. The molecule has 0 spiro atoms. The molecule has 5 nitrogen and oxygen atoms in total. The third-order valence-corrected chi connectivity index (χ3v) is 2.86. The molecule has 1 aromatic heterocycles. The summed E-state index contributed by atoms with van der Waals surface area (Å²) < 4.78 is 0. The summed E-state index contributed by atoms with van der Waals surface area (Å²) in [7, 11) is 1.68. The summed E-state index contributed by atoms with van der Waals surface area (Å²) in [6.07, 6.45) is 1.69. The number of amides is 2. The Morgan fingerprint density at radius 1 is 1.37 bits per heavy atom. The molecule has 0 saturated heterocycles. The molecule has 1 rings (SSSR count). The maximum atomic E-state index is 12.0. The Morgan fingerprint density at radius 2 is 2.05 bits per heavy atom. The summed E-state index contributed by atoms with van der Waals surface area (Å²) >= 11 is 0. The van der Waals surface area contributed by atoms with Gasteiger partial charge in [-0.05, 0) is 25.0 Å². The maximum absolute atomic E-state index is 12.0. The van der Waals surface area contributed by atoms with E-state index in [9.17, 15) is 9.59 Å². The third kappa shape index (κ3) is 4.69. The van der Waals surface area contributed by atoms with Crippen molar-refractivity contribution in [3.63, 3.8) is 0 Å². The minimum atomic E-state index is -0.446. The van der Waals surface area contributed by atoms with Crippen molar-refractivity contribution in [3.8, 4) is 0 Å². The van der Waals surface area contributed by atoms with Gasteiger partial charge in [-0.15, -0.1) is 0 Å². The third-order valence-electron chi connectivity index (χ3n) is 2.86. The first-order chi connectivity index (χ1) is 8.91. The van der Waals surface area contributed by atoms with Gasteiger partial charge in [0, 0.05) is 13.2 Å². The minimum absolute atomic E-state index is 0.0328. The lowest BCUT2D eigenvalue weighted by molar-refractivity contribution is -0.119. The lowest BCUT2D eigenvalue weighted by Gasteiger charge is -2.24. The number of hydrogen-bond donors (Lipinski definition) is 1. The van der Waals surface area contributed by atoms with Crippen LogP contribution in [0.5, 0.6) is 0 Å². The van der Waals surface area contributed by atoms with Gasteiger partial charge in [0.25, 0.3) is 0 Å². The predicted octanol–water partition coefficient (Wildman–Crippen LogP) is 1.84. The quantitative estimate of drug-likeness (QED) is 0.881. The van der Waals surface area contributed by atoms with E-state index < -0.39 is 6.04 Å². The normalized spacial score (nSPS) is 12.1. The molecule has 0 aromatic carbocycles. The van der Waals surface area contributed by atoms with Crippen LogP contribution in [0.2, 0.25) is 0 Å². The summed E-state index contributed by atoms with van der Waals surface area (Å²) in [6.45, 7) is 5.72. The van der Waals surface area contributed by atoms with Crippen LogP contribution in [-0.4, -0.2) is 34.8 Å². The van der Waals surface area contributed by atoms with E-state index in [0.29, 0.717) is 6.54 Å². The van der Waals surface area contributed by atoms with E-state index in [-0.39, 0.29) is 17.7 Å². The molecule has 0 saturated carbocycles. The molecule has 2 amide bonds. The fourth-order valence-electron chi connectivity index (χ4n) is 1.79. The highest BCUT2D eigenvalue weighted by Gasteiger charge is 2.22. The summed E-state index contributed by atoms with van der Waals surface area (Å²) in [5.74, 6) is 0.0410. The standard InChI is InChI=1S/C14H21N3O2/c1-10(2)13(11(3)18)16-14(19)17(4)9-12-7-5-6-8-15-12/h5-8,10,13H,9H2,1-4H3,(H,16,19). The smallest absolute Gasteiger partial charge is 0.318 e. The number of urea groups is 1. The zero-order chi connectivity index (χ0) is 14.4. The summed E-state index contributed by atoms with van der Waals surface area (Å²) in [5.41, 5.74) is 0.809. The Bertz CT molecular complexity index is 432. The van der Waals surface area contributed by atoms with Crippen LogP contribution in [0.3, 0.4) is 0 Å². The number of ketones is 1. The second kappa shape index (κ2) is 6.87. The Kier molecular flexibility index (Phi) is 5.48. The molecule has 0 fully saturated rings. The number of carbonyl (C=O) groups is 2. The SMILES string of the molecule is CC(=O)C(NC(=O)N(C)Cc1ccccn1)C(C)C. The number of aromatic nitrogens is 1. The zero-order valence-corrected chi connectivity index (χ0v) is 11.9. The second-order valence-corrected chi connectivity index (χ2v) is 4.96. The number of carbonyl (C=O) groups excluding carboxylic acids is 2. The highest BCUT2D eigenvalue weighted by molar-refractivity contribution is 5.87. The van der Waals surface area contributed by atoms with Gasteiger partial charge in [-0.2, -0.15) is 0 Å². The average Bonchev–Trinajstić information content (AvgIpc) is 2.35. The van der Waals surface area contributed by atoms with Gasteiger partial charge in [-0.25, -0.2) is 4.79 Å². The van der Waals surface area contributed by atoms with Gasteiger partial charge in [0.05, 0.1) is 18.3 Å². The van der Waals surface area contributed by atoms with E-state index >= 15 is 0 Å². The molecule has 19 heavy (non-hydrogen) atoms. The Morgan fingerprint density at radius 3 is 2.53 bits per heavy atom. The monoisotopic (exact) mass is 263 g/mol. The summed E-state index contributed by atoms with van der Waals surface area (Å²) in [4.78, 5) is 29.1. The molecule has 1 unspecified atom stereocenters. The van der Waals surface area contributed by atoms with Crippen LogP contribution in [0.1, 0.15) is 26.5 Å². The van der Waals surface area contributed by atoms with Crippen LogP contribution in [0, 0.1) is 5.92 Å². The fraction of sp³-hybridized carbons (Fsp3) is 0.500. The summed E-state index contributed by atoms with van der Waals surface area (Å²) in [6, 6.07) is 4.85. The Balaban J connectivity index is 2.60. The first-order valence-corrected chi connectivity index (χ1v) is 6.33. The van der Waals surface area contributed by atoms with Gasteiger partial charge < -0.3 is 10.2 Å². The van der Waals surface area contributed by atoms with Gasteiger partial charge in [-0.1, -0.05) is 19.9 Å². The van der Waals surface area contributed by atoms with Crippen molar-refractivity contribution < 1.29 is 9.59 Å². The van der Waals surface area contributed by atoms with Crippen LogP contribution in [0.25, 0.3) is 0 Å². The molecule has 1 atom stereocenters. The lowest BCUT2D eigenvalue weighted by atomic mass is 10.0. The van der Waals surface area contributed by atoms with E-state index in [1.807, 2.05) is 32.0 Å². The van der Waals surface area contributed by atoms with Gasteiger partial charge in [0.2, 0.25) is 0 Å². The van der Waals surface area contributed by atoms with Gasteiger partial charge in [0.1, 0.15) is 0 Å². The van der Waals surface area contributed by atoms with Crippen LogP contribution in [-0.2, 0) is 11.3 Å². The second-order valence-electron chi connectivity index (χ2n) is 4.96. The molecule has 0 aliphatic rings. The van der Waals surface area contributed by atoms with Gasteiger partial charge >= 0.3 is 6.03 Å². The van der Waals surface area contributed by atoms with E-state index in [2.05, 4.69) is 10.3 Å². The molecule has 5 heteroatoms. The topological polar surface area (TPSA) is 62.3 Å². The molecule has 1 heterocycles. The number of pyridine rings is 1. The number of nitrogens with zero attached hydrogens (tertiary/aromatic N) is 2. The highest BCUT2D eigenvalue weighted by atomic mass is 16.2. The van der Waals surface area contributed by atoms with Crippen molar-refractivity contribution >= 4 is 11.8 Å². The largest absolute Gasteiger partial charge is 0.328 e. The average molecular weight is 263 g/mol. The van der Waals surface area contributed by atoms with Crippen LogP contribution in [0.15, 0.2) is 24.4 Å². The van der Waals surface area contributed by atoms with Crippen LogP contribution < -0.4 is 5.32 Å². The fourth-order valence-corrected chi connectivity index (χ4v) is 1.79. The van der Waals surface area contributed by atoms with Crippen LogP contribution >= 0.6 is 0 Å². The molecular weight excluding hydrogens is 242 g/mol. The van der Waals surface area contributed by atoms with E-state index in [0.717, 1.165) is 5.69 Å². The lowest BCUT2D eigenvalue weighted by Crippen LogP contribution is -2.48. The number of nitrogens with one attached hydrogen (secondary N) is 1. The van der Waals surface area contributed by atoms with Crippen molar-refractivity contribution in [2.75, 3.05) is 7.05 Å². The number of rotatable bonds is 5. The van der Waals surface area contributed by atoms with E-state index in [4.69, 9.17) is 0 Å². The van der Waals surface area contributed by atoms with Crippen molar-refractivity contribution in [1.82, 2.24) is 15.2 Å². The molecule has 1 N–H and O–H groups in total. The molecule has 1 aromatic rings. The van der Waals surface area contributed by atoms with Crippen molar-refractivity contribution in [1.29, 1.82) is 0 Å². The summed E-state index contributed by atoms with van der Waals surface area (Å²) in [5, 5.41) is 2.75. The van der Waals surface area contributed by atoms with Gasteiger partial charge in [0.15, 0.2) is 5.78 Å². The number of hydrogen-bond acceptors (Lipinski definition) is 3. The van der Waals surface area contributed by atoms with Crippen molar-refractivity contribution in [2.24, 2.45) is 5.92 Å². The zero-order valence-electron chi connectivity index (χ0n) is 11.9. The molecule has 0 radical (unpaired) electrons. The maximum Gasteiger partial charge on any atom is 0.318 e. The van der Waals surface area contributed by atoms with E-state index in [1.165, 1.54) is 11.8 Å². The first kappa shape index (κ1) is 15.1. The molecule has 104 valence electrons. The Labute approximate surface area is 114 Å². The predicted molar refractivity (Wildman–Crippen MR) is 73.5 cm³/mol. The van der Waals surface area contributed by atoms with Crippen LogP contribution in [0.4, 0.5) is 4.79 Å². The molecule has 0 aliphatic heterocycles. The minimum Gasteiger partial charge on any atom is -0.328 e. The molecular formula is C14H21N3O2. The van der Waals surface area contributed by atoms with E-state index in [1.54, 1.807) is 13.2 Å². The molecule has 0 bridgehead atoms. The Hall–Kier alpha value is -1.91. The van der Waals surface area contributed by atoms with Crippen molar-refractivity contribution in [2.45, 2.75) is 33.4 Å². The highest BCUT2D eigenvalue weighted by Crippen LogP contribution is 2.05. The van der Waals surface area contributed by atoms with Gasteiger partial charge in [-0.3, -0.25) is 9.78 Å².